The van der Waals surface area contributed by atoms with Gasteiger partial charge in [0.15, 0.2) is 17.3 Å². The van der Waals surface area contributed by atoms with Crippen molar-refractivity contribution in [2.45, 2.75) is 0 Å². The van der Waals surface area contributed by atoms with Gasteiger partial charge in [-0.25, -0.2) is 4.79 Å². The molecule has 3 aromatic carbocycles. The number of methoxy groups -OCH3 is 1. The average molecular weight is 427 g/mol. The van der Waals surface area contributed by atoms with Crippen molar-refractivity contribution in [2.75, 3.05) is 7.11 Å². The lowest BCUT2D eigenvalue weighted by Gasteiger charge is -2.10. The minimum absolute atomic E-state index is 0.154. The van der Waals surface area contributed by atoms with Gasteiger partial charge in [0.2, 0.25) is 0 Å². The van der Waals surface area contributed by atoms with Crippen LogP contribution in [0.3, 0.4) is 0 Å². The molecule has 29 heavy (non-hydrogen) atoms. The molecule has 0 atom stereocenters. The zero-order chi connectivity index (χ0) is 20.8. The van der Waals surface area contributed by atoms with Crippen molar-refractivity contribution in [3.05, 3.63) is 99.5 Å². The van der Waals surface area contributed by atoms with Crippen molar-refractivity contribution in [3.8, 4) is 11.5 Å². The number of carbonyl (C=O) groups excluding carboxylic acids is 2. The van der Waals surface area contributed by atoms with Crippen molar-refractivity contribution in [1.82, 2.24) is 0 Å². The normalized spacial score (nSPS) is 10.7. The van der Waals surface area contributed by atoms with Gasteiger partial charge in [0.05, 0.1) is 12.7 Å². The second-order valence-corrected chi connectivity index (χ2v) is 6.88. The van der Waals surface area contributed by atoms with Crippen LogP contribution in [0.4, 0.5) is 0 Å². The molecule has 4 nitrogen and oxygen atoms in total. The summed E-state index contributed by atoms with van der Waals surface area (Å²) >= 11 is 11.7. The first-order valence-corrected chi connectivity index (χ1v) is 9.35. The lowest BCUT2D eigenvalue weighted by atomic mass is 10.1. The van der Waals surface area contributed by atoms with Gasteiger partial charge in [-0.05, 0) is 72.3 Å². The summed E-state index contributed by atoms with van der Waals surface area (Å²) in [5.74, 6) is -0.0397. The Morgan fingerprint density at radius 2 is 1.38 bits per heavy atom. The van der Waals surface area contributed by atoms with E-state index in [0.717, 1.165) is 5.56 Å². The molecule has 0 spiro atoms. The molecule has 0 radical (unpaired) electrons. The molecule has 0 heterocycles. The van der Waals surface area contributed by atoms with E-state index in [-0.39, 0.29) is 11.5 Å². The van der Waals surface area contributed by atoms with Crippen LogP contribution in [0.5, 0.6) is 11.5 Å². The van der Waals surface area contributed by atoms with Crippen molar-refractivity contribution in [2.24, 2.45) is 0 Å². The zero-order valence-corrected chi connectivity index (χ0v) is 16.9. The summed E-state index contributed by atoms with van der Waals surface area (Å²) in [5, 5.41) is 1.10. The van der Waals surface area contributed by atoms with Crippen LogP contribution >= 0.6 is 23.2 Å². The van der Waals surface area contributed by atoms with Gasteiger partial charge < -0.3 is 9.47 Å². The highest BCUT2D eigenvalue weighted by molar-refractivity contribution is 6.31. The number of ether oxygens (including phenoxy) is 2. The number of halogens is 2. The lowest BCUT2D eigenvalue weighted by molar-refractivity contribution is 0.0729. The highest BCUT2D eigenvalue weighted by Gasteiger charge is 2.13. The first kappa shape index (κ1) is 20.6. The molecule has 0 N–H and O–H groups in total. The topological polar surface area (TPSA) is 52.6 Å². The minimum atomic E-state index is -0.527. The number of hydrogen-bond acceptors (Lipinski definition) is 4. The molecule has 0 amide bonds. The maximum absolute atomic E-state index is 12.3. The summed E-state index contributed by atoms with van der Waals surface area (Å²) in [7, 11) is 1.47. The van der Waals surface area contributed by atoms with Gasteiger partial charge in [0.25, 0.3) is 0 Å². The van der Waals surface area contributed by atoms with Crippen molar-refractivity contribution in [3.63, 3.8) is 0 Å². The molecule has 0 aromatic heterocycles. The Labute approximate surface area is 178 Å². The molecule has 0 fully saturated rings. The van der Waals surface area contributed by atoms with Crippen molar-refractivity contribution in [1.29, 1.82) is 0 Å². The van der Waals surface area contributed by atoms with E-state index < -0.39 is 5.97 Å². The largest absolute Gasteiger partial charge is 0.493 e. The molecule has 0 saturated carbocycles. The monoisotopic (exact) mass is 426 g/mol. The SMILES string of the molecule is COc1cc(/C=C/C(=O)c2ccc(Cl)cc2)ccc1OC(=O)c1ccc(Cl)cc1. The fraction of sp³-hybridized carbons (Fsp3) is 0.0435. The van der Waals surface area contributed by atoms with Gasteiger partial charge in [-0.3, -0.25) is 4.79 Å². The number of hydrogen-bond donors (Lipinski definition) is 0. The van der Waals surface area contributed by atoms with Gasteiger partial charge in [0.1, 0.15) is 0 Å². The molecule has 0 saturated heterocycles. The standard InChI is InChI=1S/C23H16Cl2O4/c1-28-22-14-15(2-12-20(26)16-4-8-18(24)9-5-16)3-13-21(22)29-23(27)17-6-10-19(25)11-7-17/h2-14H,1H3/b12-2+. The highest BCUT2D eigenvalue weighted by atomic mass is 35.5. The van der Waals surface area contributed by atoms with E-state index in [1.54, 1.807) is 72.8 Å². The van der Waals surface area contributed by atoms with Gasteiger partial charge in [0, 0.05) is 15.6 Å². The van der Waals surface area contributed by atoms with Crippen LogP contribution in [0.15, 0.2) is 72.8 Å². The van der Waals surface area contributed by atoms with Crippen LogP contribution < -0.4 is 9.47 Å². The molecule has 0 bridgehead atoms. The molecule has 146 valence electrons. The predicted molar refractivity (Wildman–Crippen MR) is 114 cm³/mol. The van der Waals surface area contributed by atoms with Crippen LogP contribution in [-0.4, -0.2) is 18.9 Å². The molecular formula is C23H16Cl2O4. The Kier molecular flexibility index (Phi) is 6.70. The Morgan fingerprint density at radius 3 is 1.97 bits per heavy atom. The fourth-order valence-corrected chi connectivity index (χ4v) is 2.75. The van der Waals surface area contributed by atoms with Crippen LogP contribution in [-0.2, 0) is 0 Å². The van der Waals surface area contributed by atoms with E-state index in [0.29, 0.717) is 26.9 Å². The number of carbonyl (C=O) groups is 2. The Morgan fingerprint density at radius 1 is 0.793 bits per heavy atom. The van der Waals surface area contributed by atoms with Crippen molar-refractivity contribution >= 4 is 41.0 Å². The number of benzene rings is 3. The van der Waals surface area contributed by atoms with Crippen LogP contribution in [0.1, 0.15) is 26.3 Å². The van der Waals surface area contributed by atoms with Gasteiger partial charge in [-0.2, -0.15) is 0 Å². The van der Waals surface area contributed by atoms with Crippen molar-refractivity contribution < 1.29 is 19.1 Å². The second-order valence-electron chi connectivity index (χ2n) is 6.01. The van der Waals surface area contributed by atoms with Gasteiger partial charge in [-0.15, -0.1) is 0 Å². The molecule has 0 aliphatic heterocycles. The molecule has 3 aromatic rings. The number of allylic oxidation sites excluding steroid dienone is 1. The summed E-state index contributed by atoms with van der Waals surface area (Å²) < 4.78 is 10.7. The van der Waals surface area contributed by atoms with E-state index in [1.165, 1.54) is 13.2 Å². The lowest BCUT2D eigenvalue weighted by Crippen LogP contribution is -2.09. The van der Waals surface area contributed by atoms with E-state index in [4.69, 9.17) is 32.7 Å². The molecular weight excluding hydrogens is 411 g/mol. The molecule has 6 heteroatoms. The van der Waals surface area contributed by atoms with E-state index in [9.17, 15) is 9.59 Å². The summed E-state index contributed by atoms with van der Waals surface area (Å²) in [6.45, 7) is 0. The Hall–Kier alpha value is -3.08. The van der Waals surface area contributed by atoms with Gasteiger partial charge >= 0.3 is 5.97 Å². The zero-order valence-electron chi connectivity index (χ0n) is 15.4. The first-order chi connectivity index (χ1) is 14.0. The molecule has 3 rings (SSSR count). The quantitative estimate of drug-likeness (QED) is 0.206. The summed E-state index contributed by atoms with van der Waals surface area (Å²) in [6, 6.07) is 18.0. The smallest absolute Gasteiger partial charge is 0.343 e. The summed E-state index contributed by atoms with van der Waals surface area (Å²) in [5.41, 5.74) is 1.62. The van der Waals surface area contributed by atoms with Crippen LogP contribution in [0.25, 0.3) is 6.08 Å². The average Bonchev–Trinajstić information content (AvgIpc) is 2.73. The number of esters is 1. The first-order valence-electron chi connectivity index (χ1n) is 8.60. The molecule has 0 aliphatic carbocycles. The minimum Gasteiger partial charge on any atom is -0.493 e. The molecule has 0 aliphatic rings. The van der Waals surface area contributed by atoms with Crippen LogP contribution in [0.2, 0.25) is 10.0 Å². The number of ketones is 1. The summed E-state index contributed by atoms with van der Waals surface area (Å²) in [4.78, 5) is 24.5. The van der Waals surface area contributed by atoms with E-state index in [1.807, 2.05) is 0 Å². The van der Waals surface area contributed by atoms with E-state index in [2.05, 4.69) is 0 Å². The van der Waals surface area contributed by atoms with Crippen LogP contribution in [0, 0.1) is 0 Å². The Balaban J connectivity index is 1.74. The predicted octanol–water partition coefficient (Wildman–Crippen LogP) is 6.12. The van der Waals surface area contributed by atoms with E-state index >= 15 is 0 Å². The summed E-state index contributed by atoms with van der Waals surface area (Å²) in [6.07, 6.45) is 3.11. The third-order valence-electron chi connectivity index (χ3n) is 4.03. The number of rotatable bonds is 6. The van der Waals surface area contributed by atoms with Gasteiger partial charge in [-0.1, -0.05) is 35.3 Å². The third-order valence-corrected chi connectivity index (χ3v) is 4.53. The maximum atomic E-state index is 12.3. The third kappa shape index (κ3) is 5.47. The second kappa shape index (κ2) is 9.41. The Bertz CT molecular complexity index is 1060. The highest BCUT2D eigenvalue weighted by Crippen LogP contribution is 2.29. The fourth-order valence-electron chi connectivity index (χ4n) is 2.50. The molecule has 0 unspecified atom stereocenters. The maximum Gasteiger partial charge on any atom is 0.343 e.